The normalized spacial score (nSPS) is 18.1. The average Bonchev–Trinajstić information content (AvgIpc) is 2.75. The number of aliphatic carboxylic acids is 1. The van der Waals surface area contributed by atoms with Gasteiger partial charge >= 0.3 is 5.97 Å². The van der Waals surface area contributed by atoms with Crippen LogP contribution in [0, 0.1) is 0 Å². The number of guanidine groups is 1. The molecule has 2 aliphatic rings. The molecule has 2 heterocycles. The summed E-state index contributed by atoms with van der Waals surface area (Å²) in [6.07, 6.45) is 2.13. The first-order valence-electron chi connectivity index (χ1n) is 9.26. The number of amidine groups is 1. The van der Waals surface area contributed by atoms with Crippen LogP contribution in [-0.4, -0.2) is 71.5 Å². The van der Waals surface area contributed by atoms with Crippen molar-refractivity contribution in [1.82, 2.24) is 5.32 Å². The molecule has 0 spiro atoms. The molecule has 12 heteroatoms. The van der Waals surface area contributed by atoms with E-state index in [4.69, 9.17) is 10.8 Å². The van der Waals surface area contributed by atoms with Crippen LogP contribution in [0.2, 0.25) is 0 Å². The molecule has 12 nitrogen and oxygen atoms in total. The molecule has 0 radical (unpaired) electrons. The van der Waals surface area contributed by atoms with Crippen LogP contribution in [0.3, 0.4) is 0 Å². The van der Waals surface area contributed by atoms with Gasteiger partial charge in [-0.1, -0.05) is 0 Å². The third-order valence-electron chi connectivity index (χ3n) is 4.37. The van der Waals surface area contributed by atoms with Crippen LogP contribution in [0.25, 0.3) is 0 Å². The van der Waals surface area contributed by atoms with Gasteiger partial charge in [-0.15, -0.1) is 0 Å². The SMILES string of the molecule is NC1=NC(=O)C2N=C(CNc3ccc(C(=O)N[C@@H](CCC=O)C(=O)O)cc3)C=NC2=N1. The molecule has 0 bridgehead atoms. The molecule has 31 heavy (non-hydrogen) atoms. The number of benzene rings is 1. The smallest absolute Gasteiger partial charge is 0.326 e. The predicted molar refractivity (Wildman–Crippen MR) is 113 cm³/mol. The third kappa shape index (κ3) is 5.44. The Bertz CT molecular complexity index is 1030. The molecule has 0 aromatic heterocycles. The van der Waals surface area contributed by atoms with Gasteiger partial charge in [0.25, 0.3) is 11.8 Å². The van der Waals surface area contributed by atoms with Gasteiger partial charge in [0.1, 0.15) is 12.3 Å². The summed E-state index contributed by atoms with van der Waals surface area (Å²) in [5.74, 6) is -2.24. The van der Waals surface area contributed by atoms with E-state index in [-0.39, 0.29) is 36.7 Å². The van der Waals surface area contributed by atoms with Gasteiger partial charge in [-0.3, -0.25) is 14.6 Å². The summed E-state index contributed by atoms with van der Waals surface area (Å²) in [5, 5.41) is 14.6. The lowest BCUT2D eigenvalue weighted by atomic mass is 10.1. The van der Waals surface area contributed by atoms with Gasteiger partial charge in [-0.25, -0.2) is 9.79 Å². The van der Waals surface area contributed by atoms with Crippen molar-refractivity contribution in [2.24, 2.45) is 25.7 Å². The van der Waals surface area contributed by atoms with Crippen molar-refractivity contribution < 1.29 is 24.3 Å². The Morgan fingerprint density at radius 3 is 2.65 bits per heavy atom. The number of hydrogen-bond donors (Lipinski definition) is 4. The Morgan fingerprint density at radius 2 is 1.97 bits per heavy atom. The van der Waals surface area contributed by atoms with Crippen molar-refractivity contribution in [2.45, 2.75) is 24.9 Å². The van der Waals surface area contributed by atoms with E-state index in [1.165, 1.54) is 18.3 Å². The van der Waals surface area contributed by atoms with Gasteiger partial charge in [0.2, 0.25) is 5.96 Å². The summed E-state index contributed by atoms with van der Waals surface area (Å²) in [7, 11) is 0. The second-order valence-corrected chi connectivity index (χ2v) is 6.60. The molecule has 2 atom stereocenters. The van der Waals surface area contributed by atoms with Crippen molar-refractivity contribution in [3.05, 3.63) is 29.8 Å². The molecule has 3 rings (SSSR count). The molecular formula is C19H19N7O5. The minimum atomic E-state index is -1.21. The maximum absolute atomic E-state index is 12.2. The van der Waals surface area contributed by atoms with E-state index in [0.717, 1.165) is 0 Å². The Hall–Kier alpha value is -4.22. The first-order chi connectivity index (χ1) is 14.9. The number of carbonyl (C=O) groups is 4. The van der Waals surface area contributed by atoms with E-state index in [1.54, 1.807) is 12.1 Å². The number of fused-ring (bicyclic) bond motifs is 1. The fourth-order valence-corrected chi connectivity index (χ4v) is 2.80. The molecule has 0 fully saturated rings. The van der Waals surface area contributed by atoms with Crippen molar-refractivity contribution in [3.63, 3.8) is 0 Å². The summed E-state index contributed by atoms with van der Waals surface area (Å²) < 4.78 is 0. The van der Waals surface area contributed by atoms with Gasteiger partial charge in [0.15, 0.2) is 11.9 Å². The molecule has 0 aliphatic carbocycles. The lowest BCUT2D eigenvalue weighted by molar-refractivity contribution is -0.139. The van der Waals surface area contributed by atoms with Gasteiger partial charge in [0.05, 0.1) is 18.5 Å². The minimum absolute atomic E-state index is 0.0156. The van der Waals surface area contributed by atoms with Crippen molar-refractivity contribution in [2.75, 3.05) is 11.9 Å². The zero-order valence-electron chi connectivity index (χ0n) is 16.2. The van der Waals surface area contributed by atoms with Crippen molar-refractivity contribution in [3.8, 4) is 0 Å². The highest BCUT2D eigenvalue weighted by Crippen LogP contribution is 2.12. The van der Waals surface area contributed by atoms with Crippen LogP contribution >= 0.6 is 0 Å². The topological polar surface area (TPSA) is 188 Å². The summed E-state index contributed by atoms with van der Waals surface area (Å²) in [6.45, 7) is 0.262. The van der Waals surface area contributed by atoms with E-state index in [9.17, 15) is 19.2 Å². The second kappa shape index (κ2) is 9.52. The number of hydrogen-bond acceptors (Lipinski definition) is 9. The van der Waals surface area contributed by atoms with E-state index < -0.39 is 29.9 Å². The number of aliphatic imine (C=N–C) groups is 4. The van der Waals surface area contributed by atoms with E-state index in [2.05, 4.69) is 30.6 Å². The number of amides is 2. The van der Waals surface area contributed by atoms with Gasteiger partial charge in [-0.2, -0.15) is 9.98 Å². The Morgan fingerprint density at radius 1 is 1.23 bits per heavy atom. The van der Waals surface area contributed by atoms with Crippen LogP contribution in [0.1, 0.15) is 23.2 Å². The summed E-state index contributed by atoms with van der Waals surface area (Å²) in [6, 6.07) is 4.29. The summed E-state index contributed by atoms with van der Waals surface area (Å²) in [5.41, 5.74) is 6.88. The highest BCUT2D eigenvalue weighted by molar-refractivity contribution is 6.38. The molecule has 1 aromatic rings. The molecule has 0 saturated heterocycles. The van der Waals surface area contributed by atoms with E-state index in [1.807, 2.05) is 0 Å². The fraction of sp³-hybridized carbons (Fsp3) is 0.263. The number of aldehydes is 1. The van der Waals surface area contributed by atoms with Crippen LogP contribution in [0.15, 0.2) is 44.2 Å². The van der Waals surface area contributed by atoms with Gasteiger partial charge in [0, 0.05) is 17.7 Å². The maximum atomic E-state index is 12.2. The third-order valence-corrected chi connectivity index (χ3v) is 4.37. The lowest BCUT2D eigenvalue weighted by Gasteiger charge is -2.18. The van der Waals surface area contributed by atoms with Crippen LogP contribution in [0.4, 0.5) is 5.69 Å². The van der Waals surface area contributed by atoms with E-state index in [0.29, 0.717) is 17.7 Å². The highest BCUT2D eigenvalue weighted by Gasteiger charge is 2.30. The number of anilines is 1. The standard InChI is InChI=1S/C19H19N7O5/c20-19-25-15-14(17(29)26-19)23-12(9-22-15)8-21-11-5-3-10(4-6-11)16(28)24-13(18(30)31)2-1-7-27/h3-7,9,13-14,21H,1-2,8H2,(H,24,28)(H,30,31)(H2,20,26,29)/t13-,14?/m0/s1. The average molecular weight is 425 g/mol. The van der Waals surface area contributed by atoms with Crippen LogP contribution < -0.4 is 16.4 Å². The predicted octanol–water partition coefficient (Wildman–Crippen LogP) is -0.592. The van der Waals surface area contributed by atoms with Crippen molar-refractivity contribution in [1.29, 1.82) is 0 Å². The minimum Gasteiger partial charge on any atom is -0.480 e. The van der Waals surface area contributed by atoms with Gasteiger partial charge < -0.3 is 26.3 Å². The maximum Gasteiger partial charge on any atom is 0.326 e. The monoisotopic (exact) mass is 425 g/mol. The molecular weight excluding hydrogens is 406 g/mol. The molecule has 5 N–H and O–H groups in total. The summed E-state index contributed by atoms with van der Waals surface area (Å²) in [4.78, 5) is 61.6. The highest BCUT2D eigenvalue weighted by atomic mass is 16.4. The number of nitrogens with zero attached hydrogens (tertiary/aromatic N) is 4. The Kier molecular flexibility index (Phi) is 6.60. The molecule has 0 saturated carbocycles. The summed E-state index contributed by atoms with van der Waals surface area (Å²) >= 11 is 0. The lowest BCUT2D eigenvalue weighted by Crippen LogP contribution is -2.40. The number of nitrogens with two attached hydrogens (primary N) is 1. The number of carbonyl (C=O) groups excluding carboxylic acids is 3. The Labute approximate surface area is 176 Å². The molecule has 160 valence electrons. The largest absolute Gasteiger partial charge is 0.480 e. The van der Waals surface area contributed by atoms with Crippen molar-refractivity contribution >= 4 is 53.5 Å². The number of nitrogens with one attached hydrogen (secondary N) is 2. The van der Waals surface area contributed by atoms with E-state index >= 15 is 0 Å². The molecule has 1 unspecified atom stereocenters. The first-order valence-corrected chi connectivity index (χ1v) is 9.26. The molecule has 2 aliphatic heterocycles. The quantitative estimate of drug-likeness (QED) is 0.380. The first kappa shape index (κ1) is 21.5. The number of carboxylic acid groups (broad SMARTS) is 1. The number of rotatable bonds is 9. The number of carboxylic acids is 1. The van der Waals surface area contributed by atoms with Crippen LogP contribution in [-0.2, 0) is 14.4 Å². The second-order valence-electron chi connectivity index (χ2n) is 6.60. The van der Waals surface area contributed by atoms with Gasteiger partial charge in [-0.05, 0) is 30.7 Å². The zero-order valence-corrected chi connectivity index (χ0v) is 16.2. The van der Waals surface area contributed by atoms with Crippen LogP contribution in [0.5, 0.6) is 0 Å². The molecule has 2 amide bonds. The zero-order chi connectivity index (χ0) is 22.4. The molecule has 1 aromatic carbocycles. The fourth-order valence-electron chi connectivity index (χ4n) is 2.80. The Balaban J connectivity index is 1.57.